The molecular formula is C25H18ClIN2O6. The van der Waals surface area contributed by atoms with Gasteiger partial charge in [-0.15, -0.1) is 0 Å². The second-order valence-electron chi connectivity index (χ2n) is 7.55. The molecule has 1 heterocycles. The number of aryl methyl sites for hydroxylation is 1. The molecular weight excluding hydrogens is 587 g/mol. The minimum Gasteiger partial charge on any atom is -0.493 e. The molecule has 178 valence electrons. The number of carbonyl (C=O) groups is 1. The van der Waals surface area contributed by atoms with Crippen LogP contribution in [0, 0.1) is 20.6 Å². The molecule has 0 amide bonds. The highest BCUT2D eigenvalue weighted by Crippen LogP contribution is 2.38. The fourth-order valence-electron chi connectivity index (χ4n) is 3.35. The first-order valence-electron chi connectivity index (χ1n) is 10.3. The number of nitro benzene ring substituents is 1. The van der Waals surface area contributed by atoms with Gasteiger partial charge in [0.25, 0.3) is 5.69 Å². The van der Waals surface area contributed by atoms with Crippen LogP contribution in [0.25, 0.3) is 6.08 Å². The van der Waals surface area contributed by atoms with Gasteiger partial charge in [0.1, 0.15) is 6.61 Å². The van der Waals surface area contributed by atoms with Gasteiger partial charge in [-0.1, -0.05) is 23.7 Å². The predicted octanol–water partition coefficient (Wildman–Crippen LogP) is 6.09. The van der Waals surface area contributed by atoms with E-state index < -0.39 is 10.9 Å². The third kappa shape index (κ3) is 5.63. The minimum atomic E-state index is -0.572. The van der Waals surface area contributed by atoms with Crippen molar-refractivity contribution in [2.75, 3.05) is 7.11 Å². The standard InChI is InChI=1S/C25H18ClIN2O6/c1-14-8-17(6-7-20(14)27)24-28-21(25(30)35-24)11-16-10-19(26)23(22(12-16)33-2)34-13-15-4-3-5-18(9-15)29(31)32/h3-12H,13H2,1-2H3/b21-11-. The van der Waals surface area contributed by atoms with E-state index in [0.717, 1.165) is 9.13 Å². The van der Waals surface area contributed by atoms with Crippen molar-refractivity contribution in [2.24, 2.45) is 4.99 Å². The third-order valence-electron chi connectivity index (χ3n) is 5.09. The molecule has 8 nitrogen and oxygen atoms in total. The van der Waals surface area contributed by atoms with Gasteiger partial charge in [0, 0.05) is 21.3 Å². The Balaban J connectivity index is 1.58. The van der Waals surface area contributed by atoms with Crippen LogP contribution >= 0.6 is 34.2 Å². The maximum absolute atomic E-state index is 12.4. The van der Waals surface area contributed by atoms with Crippen LogP contribution in [0.3, 0.4) is 0 Å². The van der Waals surface area contributed by atoms with Crippen LogP contribution in [0.5, 0.6) is 11.5 Å². The predicted molar refractivity (Wildman–Crippen MR) is 140 cm³/mol. The number of aliphatic imine (C=N–C) groups is 1. The van der Waals surface area contributed by atoms with Gasteiger partial charge >= 0.3 is 5.97 Å². The average Bonchev–Trinajstić information content (AvgIpc) is 3.20. The van der Waals surface area contributed by atoms with Gasteiger partial charge < -0.3 is 14.2 Å². The van der Waals surface area contributed by atoms with Gasteiger partial charge in [-0.25, -0.2) is 9.79 Å². The summed E-state index contributed by atoms with van der Waals surface area (Å²) in [6, 6.07) is 15.1. The summed E-state index contributed by atoms with van der Waals surface area (Å²) < 4.78 is 17.7. The number of nitrogens with zero attached hydrogens (tertiary/aromatic N) is 2. The molecule has 0 radical (unpaired) electrons. The van der Waals surface area contributed by atoms with E-state index in [0.29, 0.717) is 22.4 Å². The van der Waals surface area contributed by atoms with Crippen molar-refractivity contribution < 1.29 is 23.9 Å². The number of benzene rings is 3. The van der Waals surface area contributed by atoms with Gasteiger partial charge in [-0.05, 0) is 82.6 Å². The lowest BCUT2D eigenvalue weighted by Crippen LogP contribution is -2.05. The number of ether oxygens (including phenoxy) is 3. The van der Waals surface area contributed by atoms with E-state index in [1.807, 2.05) is 25.1 Å². The Kier molecular flexibility index (Phi) is 7.37. The molecule has 0 aliphatic carbocycles. The molecule has 0 N–H and O–H groups in total. The van der Waals surface area contributed by atoms with E-state index in [4.69, 9.17) is 25.8 Å². The second kappa shape index (κ2) is 10.4. The van der Waals surface area contributed by atoms with Crippen molar-refractivity contribution in [3.05, 3.63) is 101 Å². The lowest BCUT2D eigenvalue weighted by atomic mass is 10.1. The van der Waals surface area contributed by atoms with Crippen LogP contribution in [0.4, 0.5) is 5.69 Å². The summed E-state index contributed by atoms with van der Waals surface area (Å²) >= 11 is 8.68. The van der Waals surface area contributed by atoms with Crippen molar-refractivity contribution >= 4 is 57.8 Å². The van der Waals surface area contributed by atoms with Crippen LogP contribution in [0.1, 0.15) is 22.3 Å². The number of methoxy groups -OCH3 is 1. The van der Waals surface area contributed by atoms with Crippen molar-refractivity contribution in [1.29, 1.82) is 0 Å². The largest absolute Gasteiger partial charge is 0.493 e. The summed E-state index contributed by atoms with van der Waals surface area (Å²) in [5.41, 5.74) is 3.02. The van der Waals surface area contributed by atoms with Crippen LogP contribution in [0.2, 0.25) is 5.02 Å². The molecule has 0 unspecified atom stereocenters. The Labute approximate surface area is 219 Å². The molecule has 0 fully saturated rings. The number of rotatable bonds is 7. The van der Waals surface area contributed by atoms with E-state index in [1.165, 1.54) is 19.2 Å². The number of non-ortho nitro benzene ring substituents is 1. The maximum atomic E-state index is 12.4. The Morgan fingerprint density at radius 2 is 2.00 bits per heavy atom. The van der Waals surface area contributed by atoms with Crippen LogP contribution < -0.4 is 9.47 Å². The fourth-order valence-corrected chi connectivity index (χ4v) is 3.96. The zero-order valence-corrected chi connectivity index (χ0v) is 21.5. The SMILES string of the molecule is COc1cc(/C=C2\N=C(c3ccc(I)c(C)c3)OC2=O)cc(Cl)c1OCc1cccc([N+](=O)[O-])c1. The first-order valence-corrected chi connectivity index (χ1v) is 11.7. The minimum absolute atomic E-state index is 0.0325. The zero-order chi connectivity index (χ0) is 25.1. The highest BCUT2D eigenvalue weighted by atomic mass is 127. The Morgan fingerprint density at radius 1 is 1.20 bits per heavy atom. The highest BCUT2D eigenvalue weighted by Gasteiger charge is 2.25. The van der Waals surface area contributed by atoms with Crippen LogP contribution in [-0.2, 0) is 16.1 Å². The van der Waals surface area contributed by atoms with E-state index in [1.54, 1.807) is 30.3 Å². The van der Waals surface area contributed by atoms with Crippen molar-refractivity contribution in [3.63, 3.8) is 0 Å². The Hall–Kier alpha value is -3.44. The van der Waals surface area contributed by atoms with Gasteiger partial charge in [-0.3, -0.25) is 10.1 Å². The normalized spacial score (nSPS) is 14.0. The molecule has 3 aromatic rings. The maximum Gasteiger partial charge on any atom is 0.363 e. The molecule has 0 aromatic heterocycles. The lowest BCUT2D eigenvalue weighted by Gasteiger charge is -2.13. The van der Waals surface area contributed by atoms with Crippen LogP contribution in [0.15, 0.2) is 65.3 Å². The van der Waals surface area contributed by atoms with Crippen LogP contribution in [-0.4, -0.2) is 23.9 Å². The van der Waals surface area contributed by atoms with Crippen molar-refractivity contribution in [3.8, 4) is 11.5 Å². The first-order chi connectivity index (χ1) is 16.7. The van der Waals surface area contributed by atoms with Crippen molar-refractivity contribution in [1.82, 2.24) is 0 Å². The summed E-state index contributed by atoms with van der Waals surface area (Å²) in [6.45, 7) is 2.02. The molecule has 0 saturated carbocycles. The fraction of sp³-hybridized carbons (Fsp3) is 0.120. The quantitative estimate of drug-likeness (QED) is 0.106. The van der Waals surface area contributed by atoms with Gasteiger partial charge in [0.2, 0.25) is 5.90 Å². The summed E-state index contributed by atoms with van der Waals surface area (Å²) in [6.07, 6.45) is 1.55. The zero-order valence-electron chi connectivity index (χ0n) is 18.6. The number of hydrogen-bond acceptors (Lipinski definition) is 7. The molecule has 35 heavy (non-hydrogen) atoms. The second-order valence-corrected chi connectivity index (χ2v) is 9.12. The summed E-state index contributed by atoms with van der Waals surface area (Å²) in [4.78, 5) is 27.3. The number of halogens is 2. The summed E-state index contributed by atoms with van der Waals surface area (Å²) in [5.74, 6) is 0.266. The van der Waals surface area contributed by atoms with E-state index >= 15 is 0 Å². The Morgan fingerprint density at radius 3 is 2.71 bits per heavy atom. The molecule has 1 aliphatic heterocycles. The van der Waals surface area contributed by atoms with E-state index in [-0.39, 0.29) is 34.7 Å². The highest BCUT2D eigenvalue weighted by molar-refractivity contribution is 14.1. The van der Waals surface area contributed by atoms with Crippen molar-refractivity contribution in [2.45, 2.75) is 13.5 Å². The first kappa shape index (κ1) is 24.7. The van der Waals surface area contributed by atoms with Gasteiger partial charge in [0.15, 0.2) is 17.2 Å². The molecule has 4 rings (SSSR count). The molecule has 0 saturated heterocycles. The molecule has 3 aromatic carbocycles. The number of hydrogen-bond donors (Lipinski definition) is 0. The van der Waals surface area contributed by atoms with Gasteiger partial charge in [0.05, 0.1) is 17.1 Å². The Bertz CT molecular complexity index is 1400. The lowest BCUT2D eigenvalue weighted by molar-refractivity contribution is -0.384. The molecule has 0 spiro atoms. The number of cyclic esters (lactones) is 1. The summed E-state index contributed by atoms with van der Waals surface area (Å²) in [7, 11) is 1.46. The third-order valence-corrected chi connectivity index (χ3v) is 6.58. The number of esters is 1. The monoisotopic (exact) mass is 604 g/mol. The van der Waals surface area contributed by atoms with E-state index in [2.05, 4.69) is 27.6 Å². The average molecular weight is 605 g/mol. The van der Waals surface area contributed by atoms with E-state index in [9.17, 15) is 14.9 Å². The molecule has 10 heteroatoms. The summed E-state index contributed by atoms with van der Waals surface area (Å²) in [5, 5.41) is 11.2. The smallest absolute Gasteiger partial charge is 0.363 e. The van der Waals surface area contributed by atoms with Gasteiger partial charge in [-0.2, -0.15) is 0 Å². The molecule has 1 aliphatic rings. The number of carbonyl (C=O) groups excluding carboxylic acids is 1. The molecule has 0 atom stereocenters. The molecule has 0 bridgehead atoms. The topological polar surface area (TPSA) is 100 Å². The number of nitro groups is 1.